The minimum atomic E-state index is 0.123. The monoisotopic (exact) mass is 188 g/mol. The molecule has 0 aromatic heterocycles. The van der Waals surface area contributed by atoms with Crippen LogP contribution in [0.2, 0.25) is 0 Å². The van der Waals surface area contributed by atoms with Crippen LogP contribution in [0.5, 0.6) is 0 Å². The van der Waals surface area contributed by atoms with Crippen LogP contribution in [0.3, 0.4) is 0 Å². The van der Waals surface area contributed by atoms with E-state index in [0.29, 0.717) is 12.6 Å². The maximum Gasteiger partial charge on any atom is 0.0698 e. The van der Waals surface area contributed by atoms with E-state index in [1.807, 2.05) is 0 Å². The predicted octanol–water partition coefficient (Wildman–Crippen LogP) is -0.711. The third-order valence-corrected chi connectivity index (χ3v) is 2.24. The van der Waals surface area contributed by atoms with E-state index in [1.165, 1.54) is 0 Å². The summed E-state index contributed by atoms with van der Waals surface area (Å²) in [6, 6.07) is 0.589. The van der Waals surface area contributed by atoms with Crippen LogP contribution in [-0.4, -0.2) is 62.0 Å². The summed E-state index contributed by atoms with van der Waals surface area (Å²) < 4.78 is 5.21. The molecule has 4 nitrogen and oxygen atoms in total. The van der Waals surface area contributed by atoms with Gasteiger partial charge in [0.1, 0.15) is 0 Å². The van der Waals surface area contributed by atoms with Crippen LogP contribution < -0.4 is 5.32 Å². The second-order valence-electron chi connectivity index (χ2n) is 3.49. The van der Waals surface area contributed by atoms with E-state index in [4.69, 9.17) is 9.84 Å². The normalized spacial score (nSPS) is 24.9. The van der Waals surface area contributed by atoms with Gasteiger partial charge < -0.3 is 15.2 Å². The lowest BCUT2D eigenvalue weighted by Crippen LogP contribution is -2.49. The third kappa shape index (κ3) is 4.57. The van der Waals surface area contributed by atoms with Crippen LogP contribution in [0.25, 0.3) is 0 Å². The third-order valence-electron chi connectivity index (χ3n) is 2.24. The van der Waals surface area contributed by atoms with Crippen LogP contribution in [0.15, 0.2) is 0 Å². The highest BCUT2D eigenvalue weighted by atomic mass is 16.5. The average Bonchev–Trinajstić information content (AvgIpc) is 2.13. The molecule has 0 aromatic carbocycles. The molecule has 0 amide bonds. The first-order valence-electron chi connectivity index (χ1n) is 4.97. The van der Waals surface area contributed by atoms with Gasteiger partial charge in [-0.05, 0) is 6.92 Å². The minimum Gasteiger partial charge on any atom is -0.394 e. The van der Waals surface area contributed by atoms with E-state index in [0.717, 1.165) is 32.8 Å². The number of aliphatic hydroxyl groups excluding tert-OH is 1. The highest BCUT2D eigenvalue weighted by Gasteiger charge is 2.14. The Bertz CT molecular complexity index is 133. The molecular formula is C9H20N2O2. The molecule has 1 rings (SSSR count). The number of nitrogens with one attached hydrogen (secondary N) is 1. The number of piperazine rings is 1. The molecule has 0 aliphatic carbocycles. The lowest BCUT2D eigenvalue weighted by Gasteiger charge is -2.31. The van der Waals surface area contributed by atoms with Gasteiger partial charge in [-0.25, -0.2) is 0 Å². The van der Waals surface area contributed by atoms with E-state index in [2.05, 4.69) is 17.1 Å². The zero-order chi connectivity index (χ0) is 9.52. The summed E-state index contributed by atoms with van der Waals surface area (Å²) in [5, 5.41) is 11.9. The van der Waals surface area contributed by atoms with Gasteiger partial charge in [0.2, 0.25) is 0 Å². The van der Waals surface area contributed by atoms with Crippen molar-refractivity contribution < 1.29 is 9.84 Å². The van der Waals surface area contributed by atoms with Crippen molar-refractivity contribution in [2.75, 3.05) is 46.0 Å². The van der Waals surface area contributed by atoms with Gasteiger partial charge in [-0.15, -0.1) is 0 Å². The Balaban J connectivity index is 2.00. The molecule has 0 bridgehead atoms. The largest absolute Gasteiger partial charge is 0.394 e. The number of ether oxygens (including phenoxy) is 1. The Morgan fingerprint density at radius 1 is 1.54 bits per heavy atom. The SMILES string of the molecule is CC1CN(CCOCCO)CCN1. The standard InChI is InChI=1S/C9H20N2O2/c1-9-8-11(3-2-10-9)4-6-13-7-5-12/h9-10,12H,2-8H2,1H3. The average molecular weight is 188 g/mol. The van der Waals surface area contributed by atoms with Crippen LogP contribution in [0.4, 0.5) is 0 Å². The van der Waals surface area contributed by atoms with Gasteiger partial charge in [-0.2, -0.15) is 0 Å². The Morgan fingerprint density at radius 2 is 2.38 bits per heavy atom. The quantitative estimate of drug-likeness (QED) is 0.559. The van der Waals surface area contributed by atoms with Crippen LogP contribution >= 0.6 is 0 Å². The smallest absolute Gasteiger partial charge is 0.0698 e. The second kappa shape index (κ2) is 6.32. The minimum absolute atomic E-state index is 0.123. The van der Waals surface area contributed by atoms with E-state index in [-0.39, 0.29) is 6.61 Å². The molecule has 78 valence electrons. The zero-order valence-electron chi connectivity index (χ0n) is 8.33. The molecule has 1 atom stereocenters. The molecule has 1 aliphatic rings. The van der Waals surface area contributed by atoms with Crippen LogP contribution in [0, 0.1) is 0 Å². The van der Waals surface area contributed by atoms with Crippen molar-refractivity contribution in [3.8, 4) is 0 Å². The van der Waals surface area contributed by atoms with Crippen molar-refractivity contribution in [3.63, 3.8) is 0 Å². The topological polar surface area (TPSA) is 44.7 Å². The van der Waals surface area contributed by atoms with Crippen molar-refractivity contribution in [2.24, 2.45) is 0 Å². The summed E-state index contributed by atoms with van der Waals surface area (Å²) in [6.07, 6.45) is 0. The molecule has 0 radical (unpaired) electrons. The fourth-order valence-corrected chi connectivity index (χ4v) is 1.58. The van der Waals surface area contributed by atoms with Crippen molar-refractivity contribution >= 4 is 0 Å². The first-order valence-corrected chi connectivity index (χ1v) is 4.97. The summed E-state index contributed by atoms with van der Waals surface area (Å²) in [5.74, 6) is 0. The van der Waals surface area contributed by atoms with E-state index >= 15 is 0 Å². The maximum atomic E-state index is 8.50. The van der Waals surface area contributed by atoms with Gasteiger partial charge in [-0.1, -0.05) is 0 Å². The highest BCUT2D eigenvalue weighted by Crippen LogP contribution is 1.97. The van der Waals surface area contributed by atoms with E-state index in [1.54, 1.807) is 0 Å². The van der Waals surface area contributed by atoms with Gasteiger partial charge in [0.05, 0.1) is 19.8 Å². The number of hydrogen-bond donors (Lipinski definition) is 2. The molecule has 0 saturated carbocycles. The summed E-state index contributed by atoms with van der Waals surface area (Å²) in [7, 11) is 0. The molecule has 0 spiro atoms. The van der Waals surface area contributed by atoms with Gasteiger partial charge in [0.25, 0.3) is 0 Å². The summed E-state index contributed by atoms with van der Waals surface area (Å²) in [5.41, 5.74) is 0. The van der Waals surface area contributed by atoms with Gasteiger partial charge >= 0.3 is 0 Å². The fraction of sp³-hybridized carbons (Fsp3) is 1.00. The maximum absolute atomic E-state index is 8.50. The van der Waals surface area contributed by atoms with Gasteiger partial charge in [-0.3, -0.25) is 4.90 Å². The predicted molar refractivity (Wildman–Crippen MR) is 51.8 cm³/mol. The van der Waals surface area contributed by atoms with Gasteiger partial charge in [0, 0.05) is 32.2 Å². The van der Waals surface area contributed by atoms with E-state index < -0.39 is 0 Å². The van der Waals surface area contributed by atoms with Crippen molar-refractivity contribution in [1.29, 1.82) is 0 Å². The molecular weight excluding hydrogens is 168 g/mol. The summed E-state index contributed by atoms with van der Waals surface area (Å²) in [6.45, 7) is 7.76. The van der Waals surface area contributed by atoms with Crippen molar-refractivity contribution in [1.82, 2.24) is 10.2 Å². The number of nitrogens with zero attached hydrogens (tertiary/aromatic N) is 1. The molecule has 1 saturated heterocycles. The molecule has 1 heterocycles. The Kier molecular flexibility index (Phi) is 5.31. The number of aliphatic hydroxyl groups is 1. The molecule has 2 N–H and O–H groups in total. The molecule has 0 aromatic rings. The van der Waals surface area contributed by atoms with E-state index in [9.17, 15) is 0 Å². The first kappa shape index (κ1) is 10.9. The molecule has 1 aliphatic heterocycles. The Morgan fingerprint density at radius 3 is 3.08 bits per heavy atom. The van der Waals surface area contributed by atoms with Crippen LogP contribution in [-0.2, 0) is 4.74 Å². The lowest BCUT2D eigenvalue weighted by atomic mass is 10.2. The lowest BCUT2D eigenvalue weighted by molar-refractivity contribution is 0.0676. The van der Waals surface area contributed by atoms with Gasteiger partial charge in [0.15, 0.2) is 0 Å². The molecule has 13 heavy (non-hydrogen) atoms. The highest BCUT2D eigenvalue weighted by molar-refractivity contribution is 4.74. The first-order chi connectivity index (χ1) is 6.33. The Labute approximate surface area is 79.9 Å². The fourth-order valence-electron chi connectivity index (χ4n) is 1.58. The summed E-state index contributed by atoms with van der Waals surface area (Å²) in [4.78, 5) is 2.39. The summed E-state index contributed by atoms with van der Waals surface area (Å²) >= 11 is 0. The van der Waals surface area contributed by atoms with Crippen LogP contribution in [0.1, 0.15) is 6.92 Å². The number of hydrogen-bond acceptors (Lipinski definition) is 4. The van der Waals surface area contributed by atoms with Crippen molar-refractivity contribution in [2.45, 2.75) is 13.0 Å². The molecule has 1 fully saturated rings. The van der Waals surface area contributed by atoms with Crippen molar-refractivity contribution in [3.05, 3.63) is 0 Å². The molecule has 4 heteroatoms. The zero-order valence-corrected chi connectivity index (χ0v) is 8.33. The number of rotatable bonds is 5. The molecule has 1 unspecified atom stereocenters. The second-order valence-corrected chi connectivity index (χ2v) is 3.49. The Hall–Kier alpha value is -0.160.